The highest BCUT2D eigenvalue weighted by Crippen LogP contribution is 2.46. The zero-order chi connectivity index (χ0) is 22.1. The SMILES string of the molecule is CCc1ccc(Oc2cccc(C3(c4cccc(C(F)(F)F)c4)NC(=O)CS3)c2)cc1. The van der Waals surface area contributed by atoms with Crippen molar-refractivity contribution in [2.45, 2.75) is 24.4 Å². The molecular formula is C24H20F3NO2S. The third-order valence-electron chi connectivity index (χ3n) is 5.14. The van der Waals surface area contributed by atoms with Gasteiger partial charge in [-0.15, -0.1) is 11.8 Å². The molecule has 4 rings (SSSR count). The van der Waals surface area contributed by atoms with E-state index in [0.29, 0.717) is 22.6 Å². The molecule has 1 aliphatic rings. The van der Waals surface area contributed by atoms with Gasteiger partial charge in [-0.3, -0.25) is 4.79 Å². The first-order valence-corrected chi connectivity index (χ1v) is 10.8. The lowest BCUT2D eigenvalue weighted by atomic mass is 9.95. The molecule has 3 aromatic rings. The van der Waals surface area contributed by atoms with E-state index in [-0.39, 0.29) is 11.7 Å². The first kappa shape index (κ1) is 21.3. The van der Waals surface area contributed by atoms with Crippen LogP contribution in [-0.4, -0.2) is 11.7 Å². The Labute approximate surface area is 182 Å². The fourth-order valence-electron chi connectivity index (χ4n) is 3.54. The van der Waals surface area contributed by atoms with Crippen molar-refractivity contribution >= 4 is 17.7 Å². The second kappa shape index (κ2) is 8.30. The number of halogens is 3. The number of carbonyl (C=O) groups excluding carboxylic acids is 1. The molecule has 3 aromatic carbocycles. The van der Waals surface area contributed by atoms with Crippen molar-refractivity contribution < 1.29 is 22.7 Å². The van der Waals surface area contributed by atoms with Crippen LogP contribution in [0.5, 0.6) is 11.5 Å². The summed E-state index contributed by atoms with van der Waals surface area (Å²) in [6.45, 7) is 2.07. The Bertz CT molecular complexity index is 1100. The zero-order valence-electron chi connectivity index (χ0n) is 16.7. The van der Waals surface area contributed by atoms with E-state index in [1.165, 1.54) is 23.4 Å². The van der Waals surface area contributed by atoms with Crippen LogP contribution in [0, 0.1) is 0 Å². The molecule has 160 valence electrons. The van der Waals surface area contributed by atoms with Gasteiger partial charge in [0.2, 0.25) is 5.91 Å². The summed E-state index contributed by atoms with van der Waals surface area (Å²) in [6, 6.07) is 19.9. The third kappa shape index (κ3) is 4.42. The van der Waals surface area contributed by atoms with Crippen molar-refractivity contribution in [2.75, 3.05) is 5.75 Å². The predicted molar refractivity (Wildman–Crippen MR) is 115 cm³/mol. The molecule has 0 saturated carbocycles. The van der Waals surface area contributed by atoms with Crippen LogP contribution in [0.3, 0.4) is 0 Å². The van der Waals surface area contributed by atoms with Gasteiger partial charge in [0.15, 0.2) is 0 Å². The lowest BCUT2D eigenvalue weighted by molar-refractivity contribution is -0.137. The fraction of sp³-hybridized carbons (Fsp3) is 0.208. The third-order valence-corrected chi connectivity index (χ3v) is 6.55. The molecule has 1 unspecified atom stereocenters. The van der Waals surface area contributed by atoms with E-state index in [0.717, 1.165) is 18.6 Å². The number of hydrogen-bond donors (Lipinski definition) is 1. The Morgan fingerprint density at radius 2 is 1.65 bits per heavy atom. The second-order valence-corrected chi connectivity index (χ2v) is 8.41. The summed E-state index contributed by atoms with van der Waals surface area (Å²) in [5.41, 5.74) is 1.44. The molecule has 0 bridgehead atoms. The van der Waals surface area contributed by atoms with Gasteiger partial charge in [0, 0.05) is 0 Å². The van der Waals surface area contributed by atoms with Crippen LogP contribution < -0.4 is 10.1 Å². The van der Waals surface area contributed by atoms with Gasteiger partial charge in [-0.2, -0.15) is 13.2 Å². The molecule has 31 heavy (non-hydrogen) atoms. The summed E-state index contributed by atoms with van der Waals surface area (Å²) in [6.07, 6.45) is -3.55. The van der Waals surface area contributed by atoms with E-state index in [1.807, 2.05) is 24.3 Å². The number of alkyl halides is 3. The largest absolute Gasteiger partial charge is 0.457 e. The van der Waals surface area contributed by atoms with E-state index in [9.17, 15) is 18.0 Å². The molecule has 0 radical (unpaired) electrons. The molecule has 1 fully saturated rings. The van der Waals surface area contributed by atoms with E-state index < -0.39 is 16.6 Å². The van der Waals surface area contributed by atoms with Gasteiger partial charge in [-0.25, -0.2) is 0 Å². The number of rotatable bonds is 5. The molecule has 1 saturated heterocycles. The van der Waals surface area contributed by atoms with Crippen LogP contribution in [0.15, 0.2) is 72.8 Å². The Balaban J connectivity index is 1.72. The monoisotopic (exact) mass is 443 g/mol. The van der Waals surface area contributed by atoms with Gasteiger partial charge in [0.05, 0.1) is 11.3 Å². The van der Waals surface area contributed by atoms with Gasteiger partial charge in [0.1, 0.15) is 16.4 Å². The van der Waals surface area contributed by atoms with E-state index in [1.54, 1.807) is 30.3 Å². The molecule has 7 heteroatoms. The normalized spacial score (nSPS) is 18.6. The van der Waals surface area contributed by atoms with Crippen molar-refractivity contribution in [3.05, 3.63) is 95.1 Å². The highest BCUT2D eigenvalue weighted by Gasteiger charge is 2.43. The summed E-state index contributed by atoms with van der Waals surface area (Å²) >= 11 is 1.26. The number of amides is 1. The molecule has 1 aliphatic heterocycles. The number of thioether (sulfide) groups is 1. The maximum absolute atomic E-state index is 13.3. The average Bonchev–Trinajstić information content (AvgIpc) is 3.17. The Hall–Kier alpha value is -2.93. The van der Waals surface area contributed by atoms with E-state index in [4.69, 9.17) is 4.74 Å². The van der Waals surface area contributed by atoms with Crippen molar-refractivity contribution in [2.24, 2.45) is 0 Å². The summed E-state index contributed by atoms with van der Waals surface area (Å²) in [7, 11) is 0. The van der Waals surface area contributed by atoms with Gasteiger partial charge in [0.25, 0.3) is 0 Å². The molecule has 1 atom stereocenters. The predicted octanol–water partition coefficient (Wildman–Crippen LogP) is 6.12. The molecule has 1 N–H and O–H groups in total. The van der Waals surface area contributed by atoms with E-state index >= 15 is 0 Å². The average molecular weight is 443 g/mol. The first-order chi connectivity index (χ1) is 14.8. The van der Waals surface area contributed by atoms with Crippen LogP contribution >= 0.6 is 11.8 Å². The summed E-state index contributed by atoms with van der Waals surface area (Å²) in [5.74, 6) is 1.11. The van der Waals surface area contributed by atoms with Crippen LogP contribution in [0.2, 0.25) is 0 Å². The topological polar surface area (TPSA) is 38.3 Å². The highest BCUT2D eigenvalue weighted by molar-refractivity contribution is 8.01. The van der Waals surface area contributed by atoms with E-state index in [2.05, 4.69) is 12.2 Å². The standard InChI is InChI=1S/C24H20F3NO2S/c1-2-16-9-11-20(12-10-16)30-21-8-4-6-18(14-21)23(28-22(29)15-31-23)17-5-3-7-19(13-17)24(25,26)27/h3-14H,2,15H2,1H3,(H,28,29). The maximum atomic E-state index is 13.3. The minimum atomic E-state index is -4.47. The molecular weight excluding hydrogens is 423 g/mol. The van der Waals surface area contributed by atoms with Crippen LogP contribution in [0.25, 0.3) is 0 Å². The number of benzene rings is 3. The molecule has 0 aromatic heterocycles. The number of carbonyl (C=O) groups is 1. The van der Waals surface area contributed by atoms with Crippen LogP contribution in [-0.2, 0) is 22.3 Å². The Morgan fingerprint density at radius 3 is 2.26 bits per heavy atom. The zero-order valence-corrected chi connectivity index (χ0v) is 17.5. The van der Waals surface area contributed by atoms with Crippen molar-refractivity contribution in [3.8, 4) is 11.5 Å². The summed E-state index contributed by atoms with van der Waals surface area (Å²) in [4.78, 5) is 11.0. The maximum Gasteiger partial charge on any atom is 0.416 e. The molecule has 1 heterocycles. The molecule has 3 nitrogen and oxygen atoms in total. The van der Waals surface area contributed by atoms with Crippen LogP contribution in [0.4, 0.5) is 13.2 Å². The minimum Gasteiger partial charge on any atom is -0.457 e. The van der Waals surface area contributed by atoms with Crippen LogP contribution in [0.1, 0.15) is 29.2 Å². The lowest BCUT2D eigenvalue weighted by Crippen LogP contribution is -2.38. The molecule has 0 aliphatic carbocycles. The van der Waals surface area contributed by atoms with Crippen molar-refractivity contribution in [1.82, 2.24) is 5.32 Å². The number of aryl methyl sites for hydroxylation is 1. The second-order valence-electron chi connectivity index (χ2n) is 7.22. The van der Waals surface area contributed by atoms with Gasteiger partial charge >= 0.3 is 6.18 Å². The van der Waals surface area contributed by atoms with Gasteiger partial charge in [-0.1, -0.05) is 43.3 Å². The number of ether oxygens (including phenoxy) is 1. The number of hydrogen-bond acceptors (Lipinski definition) is 3. The Morgan fingerprint density at radius 1 is 0.968 bits per heavy atom. The van der Waals surface area contributed by atoms with Gasteiger partial charge in [-0.05, 0) is 59.5 Å². The highest BCUT2D eigenvalue weighted by atomic mass is 32.2. The quantitative estimate of drug-likeness (QED) is 0.516. The van der Waals surface area contributed by atoms with Crippen molar-refractivity contribution in [3.63, 3.8) is 0 Å². The smallest absolute Gasteiger partial charge is 0.416 e. The summed E-state index contributed by atoms with van der Waals surface area (Å²) in [5, 5.41) is 2.89. The number of nitrogens with one attached hydrogen (secondary N) is 1. The van der Waals surface area contributed by atoms with Crippen molar-refractivity contribution in [1.29, 1.82) is 0 Å². The minimum absolute atomic E-state index is 0.153. The lowest BCUT2D eigenvalue weighted by Gasteiger charge is -2.30. The first-order valence-electron chi connectivity index (χ1n) is 9.80. The molecule has 0 spiro atoms. The summed E-state index contributed by atoms with van der Waals surface area (Å²) < 4.78 is 45.9. The fourth-order valence-corrected chi connectivity index (χ4v) is 4.74. The van der Waals surface area contributed by atoms with Gasteiger partial charge < -0.3 is 10.1 Å². The Kier molecular flexibility index (Phi) is 5.71. The molecule has 1 amide bonds.